The normalized spacial score (nSPS) is 24.5. The van der Waals surface area contributed by atoms with Crippen molar-refractivity contribution in [2.24, 2.45) is 17.8 Å². The number of ether oxygens (including phenoxy) is 1. The average Bonchev–Trinajstić information content (AvgIpc) is 3.06. The lowest BCUT2D eigenvalue weighted by Gasteiger charge is -2.60. The molecule has 8 nitrogen and oxygen atoms in total. The molecule has 4 saturated carbocycles. The number of carbonyl (C=O) groups excluding carboxylic acids is 2. The highest BCUT2D eigenvalue weighted by atomic mass is 35.5. The molecule has 0 radical (unpaired) electrons. The molecule has 1 amide bonds. The van der Waals surface area contributed by atoms with Crippen molar-refractivity contribution in [3.05, 3.63) is 110 Å². The molecule has 0 aliphatic heterocycles. The molecule has 0 spiro atoms. The summed E-state index contributed by atoms with van der Waals surface area (Å²) in [5.41, 5.74) is 2.03. The molecule has 4 fully saturated rings. The van der Waals surface area contributed by atoms with Crippen LogP contribution >= 0.6 is 11.6 Å². The van der Waals surface area contributed by atoms with Crippen LogP contribution < -0.4 is 16.1 Å². The SMILES string of the molecule is COC(=O)c1c(Cc2ccc(C(=O)N[C@@H]3[C@@H]4C[C@@H]5C[C@H]3C[C@](NCC(C)(C)O)(C5)C4)cc2)c(=O)c2ccc(Cl)cc2n1-c1ccccc1. The van der Waals surface area contributed by atoms with E-state index in [0.29, 0.717) is 57.0 Å². The van der Waals surface area contributed by atoms with Gasteiger partial charge in [-0.15, -0.1) is 0 Å². The van der Waals surface area contributed by atoms with Gasteiger partial charge >= 0.3 is 5.97 Å². The van der Waals surface area contributed by atoms with Gasteiger partial charge in [-0.25, -0.2) is 4.79 Å². The molecule has 0 saturated heterocycles. The molecular formula is C39H42ClN3O5. The number of benzene rings is 3. The number of hydrogen-bond acceptors (Lipinski definition) is 6. The summed E-state index contributed by atoms with van der Waals surface area (Å²) < 4.78 is 6.95. The zero-order valence-electron chi connectivity index (χ0n) is 27.6. The van der Waals surface area contributed by atoms with Crippen LogP contribution in [0.4, 0.5) is 0 Å². The summed E-state index contributed by atoms with van der Waals surface area (Å²) in [5, 5.41) is 18.3. The van der Waals surface area contributed by atoms with Gasteiger partial charge in [0.15, 0.2) is 5.43 Å². The number of nitrogens with zero attached hydrogens (tertiary/aromatic N) is 1. The van der Waals surface area contributed by atoms with Crippen LogP contribution in [-0.4, -0.2) is 52.4 Å². The van der Waals surface area contributed by atoms with Crippen molar-refractivity contribution in [3.8, 4) is 5.69 Å². The predicted octanol–water partition coefficient (Wildman–Crippen LogP) is 6.06. The largest absolute Gasteiger partial charge is 0.464 e. The summed E-state index contributed by atoms with van der Waals surface area (Å²) in [6.07, 6.45) is 5.62. The lowest BCUT2D eigenvalue weighted by molar-refractivity contribution is -0.0528. The van der Waals surface area contributed by atoms with Crippen molar-refractivity contribution in [2.45, 2.75) is 69.6 Å². The summed E-state index contributed by atoms with van der Waals surface area (Å²) >= 11 is 6.36. The van der Waals surface area contributed by atoms with Gasteiger partial charge < -0.3 is 25.0 Å². The molecule has 4 aromatic rings. The Morgan fingerprint density at radius 2 is 1.69 bits per heavy atom. The summed E-state index contributed by atoms with van der Waals surface area (Å²) in [5.74, 6) is 0.774. The fraction of sp³-hybridized carbons (Fsp3) is 0.410. The third kappa shape index (κ3) is 6.17. The maximum absolute atomic E-state index is 14.0. The Hall–Kier alpha value is -3.98. The first-order chi connectivity index (χ1) is 22.9. The standard InChI is InChI=1S/C39H42ClN3O5/c1-38(2,47)22-41-39-19-24-15-26(20-39)33(27(16-24)21-39)42-36(45)25-11-9-23(10-12-25)17-31-34(37(46)48-3)43(29-7-5-4-6-8-29)32-18-28(40)13-14-30(32)35(31)44/h4-14,18,24,26-27,33,41,47H,15-17,19-22H2,1-3H3,(H,42,45)/t24-,26-,27+,33-,39+. The number of methoxy groups -OCH3 is 1. The zero-order chi connectivity index (χ0) is 33.8. The van der Waals surface area contributed by atoms with E-state index in [2.05, 4.69) is 10.6 Å². The van der Waals surface area contributed by atoms with E-state index < -0.39 is 11.6 Å². The lowest BCUT2D eigenvalue weighted by atomic mass is 9.51. The van der Waals surface area contributed by atoms with Crippen LogP contribution in [0.15, 0.2) is 77.6 Å². The van der Waals surface area contributed by atoms with E-state index >= 15 is 0 Å². The van der Waals surface area contributed by atoms with Crippen molar-refractivity contribution in [3.63, 3.8) is 0 Å². The molecule has 1 aromatic heterocycles. The molecule has 9 heteroatoms. The minimum absolute atomic E-state index is 0.0521. The molecule has 5 atom stereocenters. The minimum Gasteiger partial charge on any atom is -0.464 e. The second-order valence-corrected chi connectivity index (χ2v) is 15.2. The summed E-state index contributed by atoms with van der Waals surface area (Å²) in [6, 6.07) is 21.8. The second-order valence-electron chi connectivity index (χ2n) is 14.8. The molecule has 3 N–H and O–H groups in total. The number of β-amino-alcohol motifs (C(OH)–C–C–N with tert-alkyl or cyclic N) is 1. The van der Waals surface area contributed by atoms with Crippen molar-refractivity contribution in [2.75, 3.05) is 13.7 Å². The van der Waals surface area contributed by atoms with Crippen molar-refractivity contribution >= 4 is 34.4 Å². The lowest BCUT2D eigenvalue weighted by Crippen LogP contribution is -2.66. The Labute approximate surface area is 285 Å². The number of aliphatic hydroxyl groups is 1. The van der Waals surface area contributed by atoms with Gasteiger partial charge in [-0.2, -0.15) is 0 Å². The van der Waals surface area contributed by atoms with Crippen LogP contribution in [0.1, 0.15) is 77.9 Å². The summed E-state index contributed by atoms with van der Waals surface area (Å²) in [6.45, 7) is 4.24. The number of halogens is 1. The van der Waals surface area contributed by atoms with E-state index in [1.807, 2.05) is 56.3 Å². The fourth-order valence-corrected chi connectivity index (χ4v) is 8.99. The van der Waals surface area contributed by atoms with E-state index in [4.69, 9.17) is 16.3 Å². The number of aromatic nitrogens is 1. The van der Waals surface area contributed by atoms with Crippen molar-refractivity contribution < 1.29 is 19.4 Å². The van der Waals surface area contributed by atoms with Gasteiger partial charge in [0, 0.05) is 51.8 Å². The van der Waals surface area contributed by atoms with Crippen molar-refractivity contribution in [1.82, 2.24) is 15.2 Å². The Morgan fingerprint density at radius 3 is 2.33 bits per heavy atom. The van der Waals surface area contributed by atoms with Gasteiger partial charge in [-0.3, -0.25) is 9.59 Å². The number of carbonyl (C=O) groups is 2. The molecule has 4 aliphatic carbocycles. The molecule has 3 aromatic carbocycles. The Kier molecular flexibility index (Phi) is 8.47. The summed E-state index contributed by atoms with van der Waals surface area (Å²) in [7, 11) is 1.30. The highest BCUT2D eigenvalue weighted by Gasteiger charge is 2.55. The third-order valence-electron chi connectivity index (χ3n) is 10.7. The van der Waals surface area contributed by atoms with Gasteiger partial charge in [0.25, 0.3) is 5.91 Å². The van der Waals surface area contributed by atoms with Crippen LogP contribution in [-0.2, 0) is 11.2 Å². The number of hydrogen-bond donors (Lipinski definition) is 3. The smallest absolute Gasteiger partial charge is 0.355 e. The predicted molar refractivity (Wildman–Crippen MR) is 187 cm³/mol. The molecule has 0 unspecified atom stereocenters. The van der Waals surface area contributed by atoms with Crippen LogP contribution in [0.25, 0.3) is 16.6 Å². The first-order valence-corrected chi connectivity index (χ1v) is 17.2. The van der Waals surface area contributed by atoms with E-state index in [1.54, 1.807) is 34.9 Å². The van der Waals surface area contributed by atoms with Crippen LogP contribution in [0.3, 0.4) is 0 Å². The average molecular weight is 668 g/mol. The van der Waals surface area contributed by atoms with E-state index in [1.165, 1.54) is 7.11 Å². The molecule has 4 aliphatic rings. The quantitative estimate of drug-likeness (QED) is 0.187. The molecule has 8 rings (SSSR count). The Morgan fingerprint density at radius 1 is 1.00 bits per heavy atom. The van der Waals surface area contributed by atoms with Gasteiger partial charge in [-0.05, 0) is 112 Å². The Balaban J connectivity index is 1.14. The van der Waals surface area contributed by atoms with Crippen LogP contribution in [0.5, 0.6) is 0 Å². The molecular weight excluding hydrogens is 626 g/mol. The minimum atomic E-state index is -0.759. The molecule has 48 heavy (non-hydrogen) atoms. The first kappa shape index (κ1) is 32.6. The third-order valence-corrected chi connectivity index (χ3v) is 10.9. The number of para-hydroxylation sites is 1. The van der Waals surface area contributed by atoms with Gasteiger partial charge in [0.1, 0.15) is 5.69 Å². The number of esters is 1. The maximum atomic E-state index is 14.0. The van der Waals surface area contributed by atoms with Gasteiger partial charge in [-0.1, -0.05) is 41.9 Å². The van der Waals surface area contributed by atoms with E-state index in [-0.39, 0.29) is 35.0 Å². The fourth-order valence-electron chi connectivity index (χ4n) is 8.82. The zero-order valence-corrected chi connectivity index (χ0v) is 28.3. The number of pyridine rings is 1. The summed E-state index contributed by atoms with van der Waals surface area (Å²) in [4.78, 5) is 40.9. The highest BCUT2D eigenvalue weighted by molar-refractivity contribution is 6.31. The first-order valence-electron chi connectivity index (χ1n) is 16.8. The van der Waals surface area contributed by atoms with Crippen LogP contribution in [0.2, 0.25) is 5.02 Å². The van der Waals surface area contributed by atoms with E-state index in [9.17, 15) is 19.5 Å². The maximum Gasteiger partial charge on any atom is 0.355 e. The molecule has 250 valence electrons. The van der Waals surface area contributed by atoms with E-state index in [0.717, 1.165) is 37.7 Å². The van der Waals surface area contributed by atoms with Gasteiger partial charge in [0.2, 0.25) is 0 Å². The molecule has 1 heterocycles. The number of amides is 1. The van der Waals surface area contributed by atoms with Crippen LogP contribution in [0, 0.1) is 17.8 Å². The number of rotatable bonds is 9. The van der Waals surface area contributed by atoms with Crippen molar-refractivity contribution in [1.29, 1.82) is 0 Å². The molecule has 4 bridgehead atoms. The topological polar surface area (TPSA) is 110 Å². The monoisotopic (exact) mass is 667 g/mol. The highest BCUT2D eigenvalue weighted by Crippen LogP contribution is 2.55. The second kappa shape index (κ2) is 12.5. The van der Waals surface area contributed by atoms with Gasteiger partial charge in [0.05, 0.1) is 18.2 Å². The number of fused-ring (bicyclic) bond motifs is 1. The Bertz CT molecular complexity index is 1920. The number of nitrogens with one attached hydrogen (secondary N) is 2.